The molecule has 1 atom stereocenters. The van der Waals surface area contributed by atoms with Gasteiger partial charge in [-0.25, -0.2) is 0 Å². The van der Waals surface area contributed by atoms with Gasteiger partial charge in [-0.3, -0.25) is 9.48 Å². The molecule has 78 valence electrons. The number of hydrogen-bond donors (Lipinski definition) is 2. The Bertz CT molecular complexity index is 272. The molecule has 1 rings (SSSR count). The lowest BCUT2D eigenvalue weighted by molar-refractivity contribution is -0.138. The van der Waals surface area contributed by atoms with Gasteiger partial charge < -0.3 is 10.4 Å². The molecular formula is C9H15N3O2. The molecule has 0 spiro atoms. The van der Waals surface area contributed by atoms with Gasteiger partial charge in [-0.1, -0.05) is 0 Å². The van der Waals surface area contributed by atoms with Crippen LogP contribution in [0.15, 0.2) is 18.5 Å². The highest BCUT2D eigenvalue weighted by Crippen LogP contribution is 1.89. The fourth-order valence-corrected chi connectivity index (χ4v) is 1.08. The highest BCUT2D eigenvalue weighted by Gasteiger charge is 2.07. The first kappa shape index (κ1) is 10.7. The number of aryl methyl sites for hydroxylation is 1. The lowest BCUT2D eigenvalue weighted by atomic mass is 10.3. The van der Waals surface area contributed by atoms with Crippen molar-refractivity contribution in [3.8, 4) is 0 Å². The zero-order valence-corrected chi connectivity index (χ0v) is 8.18. The molecule has 1 heterocycles. The Kier molecular flexibility index (Phi) is 4.12. The molecular weight excluding hydrogens is 182 g/mol. The molecule has 2 N–H and O–H groups in total. The Hall–Kier alpha value is -1.36. The summed E-state index contributed by atoms with van der Waals surface area (Å²) in [5.74, 6) is -0.816. The van der Waals surface area contributed by atoms with Crippen molar-refractivity contribution in [3.63, 3.8) is 0 Å². The third-order valence-electron chi connectivity index (χ3n) is 1.94. The SMILES string of the molecule is CC(NCCCn1cccn1)C(=O)O. The van der Waals surface area contributed by atoms with E-state index >= 15 is 0 Å². The van der Waals surface area contributed by atoms with Gasteiger partial charge in [0.2, 0.25) is 0 Å². The number of hydrogen-bond acceptors (Lipinski definition) is 3. The summed E-state index contributed by atoms with van der Waals surface area (Å²) < 4.78 is 1.83. The molecule has 0 bridgehead atoms. The fourth-order valence-electron chi connectivity index (χ4n) is 1.08. The van der Waals surface area contributed by atoms with E-state index in [2.05, 4.69) is 10.4 Å². The summed E-state index contributed by atoms with van der Waals surface area (Å²) in [7, 11) is 0. The van der Waals surface area contributed by atoms with Crippen LogP contribution >= 0.6 is 0 Å². The maximum absolute atomic E-state index is 10.4. The first-order valence-corrected chi connectivity index (χ1v) is 4.64. The van der Waals surface area contributed by atoms with Gasteiger partial charge in [0.05, 0.1) is 0 Å². The Balaban J connectivity index is 2.08. The molecule has 0 saturated carbocycles. The number of rotatable bonds is 6. The highest BCUT2D eigenvalue weighted by molar-refractivity contribution is 5.72. The summed E-state index contributed by atoms with van der Waals surface area (Å²) in [6.45, 7) is 3.13. The zero-order valence-electron chi connectivity index (χ0n) is 8.18. The van der Waals surface area contributed by atoms with E-state index in [1.165, 1.54) is 0 Å². The predicted molar refractivity (Wildman–Crippen MR) is 51.9 cm³/mol. The van der Waals surface area contributed by atoms with Gasteiger partial charge in [0, 0.05) is 18.9 Å². The first-order valence-electron chi connectivity index (χ1n) is 4.64. The van der Waals surface area contributed by atoms with E-state index in [-0.39, 0.29) is 0 Å². The van der Waals surface area contributed by atoms with E-state index in [1.54, 1.807) is 13.1 Å². The summed E-state index contributed by atoms with van der Waals surface area (Å²) in [5.41, 5.74) is 0. The minimum Gasteiger partial charge on any atom is -0.480 e. The molecule has 14 heavy (non-hydrogen) atoms. The molecule has 0 fully saturated rings. The number of aliphatic carboxylic acids is 1. The number of nitrogens with one attached hydrogen (secondary N) is 1. The molecule has 1 aromatic heterocycles. The smallest absolute Gasteiger partial charge is 0.320 e. The third kappa shape index (κ3) is 3.57. The van der Waals surface area contributed by atoms with Gasteiger partial charge in [0.1, 0.15) is 6.04 Å². The van der Waals surface area contributed by atoms with Crippen LogP contribution in [0, 0.1) is 0 Å². The van der Waals surface area contributed by atoms with Crippen LogP contribution in [0.1, 0.15) is 13.3 Å². The molecule has 5 nitrogen and oxygen atoms in total. The van der Waals surface area contributed by atoms with E-state index in [1.807, 2.05) is 16.9 Å². The molecule has 0 aliphatic heterocycles. The number of carboxylic acid groups (broad SMARTS) is 1. The molecule has 0 aliphatic carbocycles. The largest absolute Gasteiger partial charge is 0.480 e. The summed E-state index contributed by atoms with van der Waals surface area (Å²) in [6, 6.07) is 1.39. The first-order chi connectivity index (χ1) is 6.70. The van der Waals surface area contributed by atoms with E-state index in [4.69, 9.17) is 5.11 Å². The number of nitrogens with zero attached hydrogens (tertiary/aromatic N) is 2. The van der Waals surface area contributed by atoms with Gasteiger partial charge in [0.25, 0.3) is 0 Å². The van der Waals surface area contributed by atoms with Crippen molar-refractivity contribution in [3.05, 3.63) is 18.5 Å². The summed E-state index contributed by atoms with van der Waals surface area (Å²) in [5, 5.41) is 15.5. The fraction of sp³-hybridized carbons (Fsp3) is 0.556. The van der Waals surface area contributed by atoms with Crippen LogP contribution in [0.2, 0.25) is 0 Å². The monoisotopic (exact) mass is 197 g/mol. The van der Waals surface area contributed by atoms with E-state index < -0.39 is 12.0 Å². The minimum absolute atomic E-state index is 0.479. The van der Waals surface area contributed by atoms with Gasteiger partial charge in [-0.2, -0.15) is 5.10 Å². The Morgan fingerprint density at radius 1 is 1.71 bits per heavy atom. The number of carboxylic acids is 1. The Labute approximate surface area is 82.7 Å². The molecule has 0 aromatic carbocycles. The van der Waals surface area contributed by atoms with Gasteiger partial charge in [0.15, 0.2) is 0 Å². The summed E-state index contributed by atoms with van der Waals surface area (Å²) in [4.78, 5) is 10.4. The molecule has 0 radical (unpaired) electrons. The lowest BCUT2D eigenvalue weighted by Crippen LogP contribution is -2.34. The van der Waals surface area contributed by atoms with E-state index in [0.717, 1.165) is 13.0 Å². The van der Waals surface area contributed by atoms with Crippen LogP contribution in [0.3, 0.4) is 0 Å². The zero-order chi connectivity index (χ0) is 10.4. The summed E-state index contributed by atoms with van der Waals surface area (Å²) in [6.07, 6.45) is 4.49. The van der Waals surface area contributed by atoms with Gasteiger partial charge in [-0.15, -0.1) is 0 Å². The Morgan fingerprint density at radius 2 is 2.50 bits per heavy atom. The Morgan fingerprint density at radius 3 is 3.07 bits per heavy atom. The van der Waals surface area contributed by atoms with Crippen molar-refractivity contribution in [1.29, 1.82) is 0 Å². The summed E-state index contributed by atoms with van der Waals surface area (Å²) >= 11 is 0. The lowest BCUT2D eigenvalue weighted by Gasteiger charge is -2.08. The van der Waals surface area contributed by atoms with Crippen molar-refractivity contribution < 1.29 is 9.90 Å². The number of aromatic nitrogens is 2. The standard InChI is InChI=1S/C9H15N3O2/c1-8(9(13)14)10-4-2-6-12-7-3-5-11-12/h3,5,7-8,10H,2,4,6H2,1H3,(H,13,14). The molecule has 0 aliphatic rings. The number of carbonyl (C=O) groups is 1. The third-order valence-corrected chi connectivity index (χ3v) is 1.94. The average Bonchev–Trinajstić information content (AvgIpc) is 2.64. The molecule has 1 aromatic rings. The second kappa shape index (κ2) is 5.39. The minimum atomic E-state index is -0.816. The normalized spacial score (nSPS) is 12.6. The molecule has 0 amide bonds. The van der Waals surface area contributed by atoms with Crippen LogP contribution in [0.5, 0.6) is 0 Å². The van der Waals surface area contributed by atoms with Crippen molar-refractivity contribution in [2.45, 2.75) is 25.9 Å². The van der Waals surface area contributed by atoms with E-state index in [9.17, 15) is 4.79 Å². The maximum atomic E-state index is 10.4. The van der Waals surface area contributed by atoms with Gasteiger partial charge in [-0.05, 0) is 26.0 Å². The van der Waals surface area contributed by atoms with Gasteiger partial charge >= 0.3 is 5.97 Å². The van der Waals surface area contributed by atoms with E-state index in [0.29, 0.717) is 6.54 Å². The van der Waals surface area contributed by atoms with Crippen LogP contribution in [0.25, 0.3) is 0 Å². The van der Waals surface area contributed by atoms with Crippen LogP contribution < -0.4 is 5.32 Å². The molecule has 1 unspecified atom stereocenters. The van der Waals surface area contributed by atoms with Crippen molar-refractivity contribution in [2.75, 3.05) is 6.54 Å². The quantitative estimate of drug-likeness (QED) is 0.645. The van der Waals surface area contributed by atoms with Crippen LogP contribution in [-0.2, 0) is 11.3 Å². The van der Waals surface area contributed by atoms with Crippen LogP contribution in [0.4, 0.5) is 0 Å². The maximum Gasteiger partial charge on any atom is 0.320 e. The predicted octanol–water partition coefficient (Wildman–Crippen LogP) is 0.336. The highest BCUT2D eigenvalue weighted by atomic mass is 16.4. The average molecular weight is 197 g/mol. The van der Waals surface area contributed by atoms with Crippen molar-refractivity contribution >= 4 is 5.97 Å². The van der Waals surface area contributed by atoms with Crippen molar-refractivity contribution in [1.82, 2.24) is 15.1 Å². The molecule has 5 heteroatoms. The second-order valence-electron chi connectivity index (χ2n) is 3.14. The van der Waals surface area contributed by atoms with Crippen LogP contribution in [-0.4, -0.2) is 33.4 Å². The molecule has 0 saturated heterocycles. The topological polar surface area (TPSA) is 67.2 Å². The second-order valence-corrected chi connectivity index (χ2v) is 3.14. The van der Waals surface area contributed by atoms with Crippen molar-refractivity contribution in [2.24, 2.45) is 0 Å².